The van der Waals surface area contributed by atoms with Crippen molar-refractivity contribution in [3.8, 4) is 22.0 Å². The van der Waals surface area contributed by atoms with Crippen LogP contribution in [0.4, 0.5) is 0 Å². The van der Waals surface area contributed by atoms with Gasteiger partial charge in [-0.05, 0) is 44.0 Å². The lowest BCUT2D eigenvalue weighted by Crippen LogP contribution is -2.04. The summed E-state index contributed by atoms with van der Waals surface area (Å²) >= 11 is 1.69. The van der Waals surface area contributed by atoms with E-state index in [1.807, 2.05) is 12.3 Å². The molecule has 0 fully saturated rings. The Labute approximate surface area is 147 Å². The van der Waals surface area contributed by atoms with Crippen molar-refractivity contribution in [1.82, 2.24) is 14.5 Å². The van der Waals surface area contributed by atoms with Gasteiger partial charge in [-0.1, -0.05) is 6.92 Å². The molecule has 0 aliphatic carbocycles. The van der Waals surface area contributed by atoms with Crippen LogP contribution < -0.4 is 0 Å². The molecule has 0 aliphatic heterocycles. The summed E-state index contributed by atoms with van der Waals surface area (Å²) in [6, 6.07) is 8.48. The molecule has 0 amide bonds. The minimum atomic E-state index is 0.774. The van der Waals surface area contributed by atoms with Gasteiger partial charge in [0.25, 0.3) is 0 Å². The van der Waals surface area contributed by atoms with Gasteiger partial charge < -0.3 is 9.30 Å². The lowest BCUT2D eigenvalue weighted by atomic mass is 10.2. The van der Waals surface area contributed by atoms with Crippen molar-refractivity contribution in [2.24, 2.45) is 0 Å². The number of pyridine rings is 1. The molecule has 0 N–H and O–H groups in total. The van der Waals surface area contributed by atoms with E-state index in [1.165, 1.54) is 11.4 Å². The van der Waals surface area contributed by atoms with E-state index < -0.39 is 0 Å². The van der Waals surface area contributed by atoms with E-state index in [-0.39, 0.29) is 0 Å². The van der Waals surface area contributed by atoms with E-state index in [9.17, 15) is 0 Å². The van der Waals surface area contributed by atoms with Crippen LogP contribution in [0, 0.1) is 6.92 Å². The Morgan fingerprint density at radius 2 is 2.12 bits per heavy atom. The van der Waals surface area contributed by atoms with Crippen LogP contribution in [0.1, 0.15) is 24.7 Å². The first-order chi connectivity index (χ1) is 11.7. The number of aryl methyl sites for hydroxylation is 2. The Hall–Kier alpha value is -1.98. The molecule has 5 heteroatoms. The van der Waals surface area contributed by atoms with Crippen LogP contribution in [-0.4, -0.2) is 28.3 Å². The molecule has 3 aromatic rings. The molecule has 0 saturated carbocycles. The van der Waals surface area contributed by atoms with Gasteiger partial charge in [0.05, 0.1) is 11.4 Å². The molecule has 126 valence electrons. The number of thiazole rings is 1. The molecule has 3 rings (SSSR count). The zero-order valence-corrected chi connectivity index (χ0v) is 15.3. The van der Waals surface area contributed by atoms with Crippen molar-refractivity contribution in [3.05, 3.63) is 47.2 Å². The van der Waals surface area contributed by atoms with E-state index >= 15 is 0 Å². The van der Waals surface area contributed by atoms with Crippen molar-refractivity contribution in [2.75, 3.05) is 13.7 Å². The van der Waals surface area contributed by atoms with E-state index in [2.05, 4.69) is 47.0 Å². The smallest absolute Gasteiger partial charge is 0.124 e. The van der Waals surface area contributed by atoms with Crippen molar-refractivity contribution >= 4 is 11.3 Å². The molecule has 3 aromatic heterocycles. The number of hydrogen-bond donors (Lipinski definition) is 0. The van der Waals surface area contributed by atoms with Crippen molar-refractivity contribution < 1.29 is 4.74 Å². The fourth-order valence-electron chi connectivity index (χ4n) is 2.79. The van der Waals surface area contributed by atoms with Gasteiger partial charge in [-0.25, -0.2) is 4.98 Å². The van der Waals surface area contributed by atoms with Crippen LogP contribution in [0.2, 0.25) is 0 Å². The van der Waals surface area contributed by atoms with Gasteiger partial charge >= 0.3 is 0 Å². The standard InChI is InChI=1S/C19H23N3OS/c1-4-16-12-15(8-9-20-16)19-21-17(13-24-19)18-7-6-14(2)22(18)10-5-11-23-3/h6-9,12-13H,4-5,10-11H2,1-3H3. The predicted molar refractivity (Wildman–Crippen MR) is 99.4 cm³/mol. The van der Waals surface area contributed by atoms with Crippen LogP contribution in [0.15, 0.2) is 35.8 Å². The Morgan fingerprint density at radius 1 is 1.25 bits per heavy atom. The first-order valence-electron chi connectivity index (χ1n) is 8.29. The summed E-state index contributed by atoms with van der Waals surface area (Å²) in [4.78, 5) is 9.24. The molecule has 0 saturated heterocycles. The highest BCUT2D eigenvalue weighted by atomic mass is 32.1. The minimum absolute atomic E-state index is 0.774. The highest BCUT2D eigenvalue weighted by Crippen LogP contribution is 2.30. The zero-order chi connectivity index (χ0) is 16.9. The number of hydrogen-bond acceptors (Lipinski definition) is 4. The first kappa shape index (κ1) is 16.9. The summed E-state index contributed by atoms with van der Waals surface area (Å²) in [5.41, 5.74) is 5.72. The fourth-order valence-corrected chi connectivity index (χ4v) is 3.60. The van der Waals surface area contributed by atoms with Crippen LogP contribution in [0.3, 0.4) is 0 Å². The van der Waals surface area contributed by atoms with Gasteiger partial charge in [0.1, 0.15) is 5.01 Å². The van der Waals surface area contributed by atoms with Gasteiger partial charge in [0, 0.05) is 48.8 Å². The highest BCUT2D eigenvalue weighted by molar-refractivity contribution is 7.13. The Bertz CT molecular complexity index is 807. The molecule has 4 nitrogen and oxygen atoms in total. The normalized spacial score (nSPS) is 11.1. The third-order valence-corrected chi connectivity index (χ3v) is 5.01. The van der Waals surface area contributed by atoms with Gasteiger partial charge in [-0.3, -0.25) is 4.98 Å². The lowest BCUT2D eigenvalue weighted by molar-refractivity contribution is 0.190. The lowest BCUT2D eigenvalue weighted by Gasteiger charge is -2.10. The zero-order valence-electron chi connectivity index (χ0n) is 14.5. The highest BCUT2D eigenvalue weighted by Gasteiger charge is 2.12. The van der Waals surface area contributed by atoms with Crippen molar-refractivity contribution in [2.45, 2.75) is 33.2 Å². The average molecular weight is 341 g/mol. The van der Waals surface area contributed by atoms with Gasteiger partial charge in [0.2, 0.25) is 0 Å². The maximum absolute atomic E-state index is 5.18. The minimum Gasteiger partial charge on any atom is -0.385 e. The first-order valence-corrected chi connectivity index (χ1v) is 9.17. The number of methoxy groups -OCH3 is 1. The van der Waals surface area contributed by atoms with E-state index in [0.717, 1.165) is 48.0 Å². The Kier molecular flexibility index (Phi) is 5.43. The van der Waals surface area contributed by atoms with Crippen molar-refractivity contribution in [1.29, 1.82) is 0 Å². The molecule has 24 heavy (non-hydrogen) atoms. The second-order valence-corrected chi connectivity index (χ2v) is 6.64. The molecule has 0 radical (unpaired) electrons. The van der Waals surface area contributed by atoms with E-state index in [0.29, 0.717) is 0 Å². The summed E-state index contributed by atoms with van der Waals surface area (Å²) in [7, 11) is 1.75. The summed E-state index contributed by atoms with van der Waals surface area (Å²) in [6.07, 6.45) is 3.81. The summed E-state index contributed by atoms with van der Waals surface area (Å²) < 4.78 is 7.50. The molecule has 0 aromatic carbocycles. The molecule has 3 heterocycles. The third kappa shape index (κ3) is 3.57. The van der Waals surface area contributed by atoms with Gasteiger partial charge in [-0.2, -0.15) is 0 Å². The number of nitrogens with zero attached hydrogens (tertiary/aromatic N) is 3. The maximum Gasteiger partial charge on any atom is 0.124 e. The van der Waals surface area contributed by atoms with E-state index in [4.69, 9.17) is 9.72 Å². The van der Waals surface area contributed by atoms with E-state index in [1.54, 1.807) is 18.4 Å². The molecular formula is C19H23N3OS. The quantitative estimate of drug-likeness (QED) is 0.591. The fraction of sp³-hybridized carbons (Fsp3) is 0.368. The summed E-state index contributed by atoms with van der Waals surface area (Å²) in [5.74, 6) is 0. The number of ether oxygens (including phenoxy) is 1. The molecule has 0 bridgehead atoms. The predicted octanol–water partition coefficient (Wildman–Crippen LogP) is 4.58. The third-order valence-electron chi connectivity index (χ3n) is 4.12. The van der Waals surface area contributed by atoms with Gasteiger partial charge in [0.15, 0.2) is 0 Å². The van der Waals surface area contributed by atoms with Crippen LogP contribution in [0.5, 0.6) is 0 Å². The second kappa shape index (κ2) is 7.73. The molecule has 0 unspecified atom stereocenters. The average Bonchev–Trinajstić information content (AvgIpc) is 3.23. The molecular weight excluding hydrogens is 318 g/mol. The molecule has 0 atom stereocenters. The second-order valence-electron chi connectivity index (χ2n) is 5.79. The Balaban J connectivity index is 1.88. The number of rotatable bonds is 7. The number of aromatic nitrogens is 3. The van der Waals surface area contributed by atoms with Crippen LogP contribution >= 0.6 is 11.3 Å². The Morgan fingerprint density at radius 3 is 2.92 bits per heavy atom. The maximum atomic E-state index is 5.18. The summed E-state index contributed by atoms with van der Waals surface area (Å²) in [6.45, 7) is 5.98. The van der Waals surface area contributed by atoms with Crippen molar-refractivity contribution in [3.63, 3.8) is 0 Å². The monoisotopic (exact) mass is 341 g/mol. The SMILES string of the molecule is CCc1cc(-c2nc(-c3ccc(C)n3CCCOC)cs2)ccn1. The summed E-state index contributed by atoms with van der Waals surface area (Å²) in [5, 5.41) is 3.19. The topological polar surface area (TPSA) is 39.9 Å². The largest absolute Gasteiger partial charge is 0.385 e. The van der Waals surface area contributed by atoms with Gasteiger partial charge in [-0.15, -0.1) is 11.3 Å². The van der Waals surface area contributed by atoms with Crippen LogP contribution in [0.25, 0.3) is 22.0 Å². The van der Waals surface area contributed by atoms with Crippen LogP contribution in [-0.2, 0) is 17.7 Å². The molecule has 0 aliphatic rings. The molecule has 0 spiro atoms.